The number of hydrogen-bond acceptors (Lipinski definition) is 2. The van der Waals surface area contributed by atoms with Crippen molar-refractivity contribution in [3.05, 3.63) is 21.4 Å². The first-order valence-electron chi connectivity index (χ1n) is 6.48. The average Bonchev–Trinajstić information content (AvgIpc) is 2.68. The summed E-state index contributed by atoms with van der Waals surface area (Å²) in [4.78, 5) is 13.9. The van der Waals surface area contributed by atoms with Gasteiger partial charge in [0.15, 0.2) is 0 Å². The number of rotatable bonds is 6. The number of halogens is 1. The van der Waals surface area contributed by atoms with Crippen LogP contribution in [0.15, 0.2) is 6.07 Å². The molecule has 1 aromatic heterocycles. The molecule has 1 aromatic rings. The van der Waals surface area contributed by atoms with Crippen LogP contribution in [0.25, 0.3) is 0 Å². The first-order valence-corrected chi connectivity index (χ1v) is 7.74. The molecule has 1 unspecified atom stereocenters. The monoisotopic (exact) mass is 287 g/mol. The van der Waals surface area contributed by atoms with Crippen molar-refractivity contribution in [2.75, 3.05) is 6.54 Å². The zero-order valence-corrected chi connectivity index (χ0v) is 13.1. The second-order valence-corrected chi connectivity index (χ2v) is 6.47. The molecule has 0 radical (unpaired) electrons. The molecule has 1 atom stereocenters. The molecule has 0 fully saturated rings. The topological polar surface area (TPSA) is 29.1 Å². The molecule has 1 heterocycles. The highest BCUT2D eigenvalue weighted by Gasteiger charge is 2.17. The van der Waals surface area contributed by atoms with Gasteiger partial charge in [-0.2, -0.15) is 0 Å². The van der Waals surface area contributed by atoms with Crippen LogP contribution in [-0.2, 0) is 0 Å². The van der Waals surface area contributed by atoms with Gasteiger partial charge in [0, 0.05) is 11.4 Å². The minimum Gasteiger partial charge on any atom is -0.350 e. The number of amides is 1. The molecule has 0 spiro atoms. The zero-order valence-electron chi connectivity index (χ0n) is 11.5. The highest BCUT2D eigenvalue weighted by Crippen LogP contribution is 2.21. The van der Waals surface area contributed by atoms with Crippen LogP contribution in [0.3, 0.4) is 0 Å². The van der Waals surface area contributed by atoms with Crippen molar-refractivity contribution in [1.29, 1.82) is 0 Å². The van der Waals surface area contributed by atoms with E-state index in [2.05, 4.69) is 19.2 Å². The van der Waals surface area contributed by atoms with Gasteiger partial charge in [-0.15, -0.1) is 22.9 Å². The Labute approximate surface area is 119 Å². The average molecular weight is 288 g/mol. The molecule has 0 aliphatic carbocycles. The molecule has 2 nitrogen and oxygen atoms in total. The number of alkyl halides is 1. The summed E-state index contributed by atoms with van der Waals surface area (Å²) in [6.45, 7) is 8.87. The lowest BCUT2D eigenvalue weighted by atomic mass is 9.99. The van der Waals surface area contributed by atoms with E-state index in [9.17, 15) is 4.79 Å². The van der Waals surface area contributed by atoms with E-state index in [0.29, 0.717) is 12.5 Å². The molecular formula is C14H22ClNOS. The second-order valence-electron chi connectivity index (χ2n) is 4.65. The van der Waals surface area contributed by atoms with Crippen LogP contribution in [0.4, 0.5) is 0 Å². The van der Waals surface area contributed by atoms with Crippen molar-refractivity contribution in [3.8, 4) is 0 Å². The van der Waals surface area contributed by atoms with Gasteiger partial charge in [0.1, 0.15) is 0 Å². The Morgan fingerprint density at radius 2 is 2.00 bits per heavy atom. The first-order chi connectivity index (χ1) is 8.49. The fourth-order valence-corrected chi connectivity index (χ4v) is 3.31. The number of carbonyl (C=O) groups excluding carboxylic acids is 1. The van der Waals surface area contributed by atoms with E-state index >= 15 is 0 Å². The molecule has 102 valence electrons. The molecule has 0 aliphatic heterocycles. The van der Waals surface area contributed by atoms with E-state index in [-0.39, 0.29) is 11.3 Å². The number of hydrogen-bond donors (Lipinski definition) is 1. The predicted molar refractivity (Wildman–Crippen MR) is 79.8 cm³/mol. The summed E-state index contributed by atoms with van der Waals surface area (Å²) in [6, 6.07) is 1.94. The van der Waals surface area contributed by atoms with Crippen molar-refractivity contribution in [3.63, 3.8) is 0 Å². The summed E-state index contributed by atoms with van der Waals surface area (Å²) in [6.07, 6.45) is 2.11. The van der Waals surface area contributed by atoms with E-state index < -0.39 is 0 Å². The SMILES string of the molecule is CCC(CC)C(Cl)CNC(=O)c1cc(C)c(C)s1. The maximum Gasteiger partial charge on any atom is 0.261 e. The van der Waals surface area contributed by atoms with Crippen molar-refractivity contribution in [1.82, 2.24) is 5.32 Å². The molecule has 0 saturated carbocycles. The Bertz CT molecular complexity index is 379. The maximum absolute atomic E-state index is 12.0. The van der Waals surface area contributed by atoms with Crippen molar-refractivity contribution >= 4 is 28.8 Å². The minimum atomic E-state index is -0.00666. The molecule has 18 heavy (non-hydrogen) atoms. The smallest absolute Gasteiger partial charge is 0.261 e. The summed E-state index contributed by atoms with van der Waals surface area (Å²) in [7, 11) is 0. The van der Waals surface area contributed by atoms with Gasteiger partial charge in [-0.25, -0.2) is 0 Å². The molecule has 4 heteroatoms. The highest BCUT2D eigenvalue weighted by atomic mass is 35.5. The lowest BCUT2D eigenvalue weighted by molar-refractivity contribution is 0.0955. The Morgan fingerprint density at radius 3 is 2.44 bits per heavy atom. The lowest BCUT2D eigenvalue weighted by Gasteiger charge is -2.19. The molecule has 1 amide bonds. The fraction of sp³-hybridized carbons (Fsp3) is 0.643. The molecule has 1 rings (SSSR count). The predicted octanol–water partition coefficient (Wildman–Crippen LogP) is 4.14. The third-order valence-corrected chi connectivity index (χ3v) is 5.07. The van der Waals surface area contributed by atoms with Gasteiger partial charge >= 0.3 is 0 Å². The Balaban J connectivity index is 2.51. The van der Waals surface area contributed by atoms with Gasteiger partial charge in [0.2, 0.25) is 0 Å². The van der Waals surface area contributed by atoms with Gasteiger partial charge in [0.25, 0.3) is 5.91 Å². The van der Waals surface area contributed by atoms with Gasteiger partial charge < -0.3 is 5.32 Å². The quantitative estimate of drug-likeness (QED) is 0.783. The van der Waals surface area contributed by atoms with Gasteiger partial charge in [-0.1, -0.05) is 26.7 Å². The minimum absolute atomic E-state index is 0.00666. The summed E-state index contributed by atoms with van der Waals surface area (Å²) >= 11 is 7.84. The number of aryl methyl sites for hydroxylation is 2. The number of thiophene rings is 1. The largest absolute Gasteiger partial charge is 0.350 e. The van der Waals surface area contributed by atoms with Crippen molar-refractivity contribution < 1.29 is 4.79 Å². The van der Waals surface area contributed by atoms with E-state index in [1.54, 1.807) is 0 Å². The van der Waals surface area contributed by atoms with E-state index in [4.69, 9.17) is 11.6 Å². The van der Waals surface area contributed by atoms with Crippen LogP contribution in [0.2, 0.25) is 0 Å². The van der Waals surface area contributed by atoms with Crippen LogP contribution >= 0.6 is 22.9 Å². The molecular weight excluding hydrogens is 266 g/mol. The third kappa shape index (κ3) is 3.99. The van der Waals surface area contributed by atoms with Crippen LogP contribution in [0, 0.1) is 19.8 Å². The number of nitrogens with one attached hydrogen (secondary N) is 1. The van der Waals surface area contributed by atoms with E-state index in [0.717, 1.165) is 17.7 Å². The first kappa shape index (κ1) is 15.5. The van der Waals surface area contributed by atoms with Gasteiger partial charge in [0.05, 0.1) is 10.3 Å². The fourth-order valence-electron chi connectivity index (χ4n) is 1.93. The lowest BCUT2D eigenvalue weighted by Crippen LogP contribution is -2.32. The van der Waals surface area contributed by atoms with Crippen LogP contribution < -0.4 is 5.32 Å². The Morgan fingerprint density at radius 1 is 1.39 bits per heavy atom. The Hall–Kier alpha value is -0.540. The normalized spacial score (nSPS) is 12.8. The van der Waals surface area contributed by atoms with Crippen LogP contribution in [0.5, 0.6) is 0 Å². The standard InChI is InChI=1S/C14H22ClNOS/c1-5-11(6-2)12(15)8-16-14(17)13-7-9(3)10(4)18-13/h7,11-12H,5-6,8H2,1-4H3,(H,16,17). The molecule has 1 N–H and O–H groups in total. The zero-order chi connectivity index (χ0) is 13.7. The summed E-state index contributed by atoms with van der Waals surface area (Å²) in [5.74, 6) is 0.464. The van der Waals surface area contributed by atoms with Crippen molar-refractivity contribution in [2.24, 2.45) is 5.92 Å². The maximum atomic E-state index is 12.0. The van der Waals surface area contributed by atoms with Gasteiger partial charge in [-0.3, -0.25) is 4.79 Å². The summed E-state index contributed by atoms with van der Waals surface area (Å²) in [5.41, 5.74) is 1.17. The summed E-state index contributed by atoms with van der Waals surface area (Å²) in [5, 5.41) is 2.95. The van der Waals surface area contributed by atoms with Gasteiger partial charge in [-0.05, 0) is 31.4 Å². The molecule has 0 aromatic carbocycles. The number of carbonyl (C=O) groups is 1. The second kappa shape index (κ2) is 7.15. The van der Waals surface area contributed by atoms with Crippen LogP contribution in [0.1, 0.15) is 46.8 Å². The van der Waals surface area contributed by atoms with E-state index in [1.807, 2.05) is 19.9 Å². The Kier molecular flexibility index (Phi) is 6.16. The third-order valence-electron chi connectivity index (χ3n) is 3.41. The van der Waals surface area contributed by atoms with E-state index in [1.165, 1.54) is 21.8 Å². The molecule has 0 bridgehead atoms. The van der Waals surface area contributed by atoms with Crippen LogP contribution in [-0.4, -0.2) is 17.8 Å². The van der Waals surface area contributed by atoms with Crippen molar-refractivity contribution in [2.45, 2.75) is 45.9 Å². The molecule has 0 aliphatic rings. The highest BCUT2D eigenvalue weighted by molar-refractivity contribution is 7.14. The summed E-state index contributed by atoms with van der Waals surface area (Å²) < 4.78 is 0. The molecule has 0 saturated heterocycles.